The molecule has 0 atom stereocenters. The Morgan fingerprint density at radius 3 is 2.72 bits per heavy atom. The molecule has 0 fully saturated rings. The minimum atomic E-state index is 0.482. The van der Waals surface area contributed by atoms with Gasteiger partial charge in [0.1, 0.15) is 11.8 Å². The van der Waals surface area contributed by atoms with E-state index in [2.05, 4.69) is 22.0 Å². The van der Waals surface area contributed by atoms with Crippen molar-refractivity contribution in [2.24, 2.45) is 0 Å². The summed E-state index contributed by atoms with van der Waals surface area (Å²) >= 11 is 3.38. The van der Waals surface area contributed by atoms with Gasteiger partial charge in [-0.1, -0.05) is 12.1 Å². The molecule has 0 bridgehead atoms. The van der Waals surface area contributed by atoms with Crippen molar-refractivity contribution in [2.45, 2.75) is 6.92 Å². The number of ether oxygens (including phenoxy) is 1. The third kappa shape index (κ3) is 2.47. The maximum atomic E-state index is 9.05. The molecule has 0 heterocycles. The standard InChI is InChI=1S/C14H11BrN2O/c1-9-5-6-10(8-16)13(7-9)18-14-11(15)3-2-4-12(14)17/h2-7H,17H2,1H3. The van der Waals surface area contributed by atoms with Crippen molar-refractivity contribution in [1.82, 2.24) is 0 Å². The van der Waals surface area contributed by atoms with E-state index in [0.29, 0.717) is 22.7 Å². The zero-order valence-electron chi connectivity index (χ0n) is 9.77. The van der Waals surface area contributed by atoms with E-state index in [0.717, 1.165) is 10.0 Å². The number of anilines is 1. The monoisotopic (exact) mass is 302 g/mol. The Morgan fingerprint density at radius 2 is 2.06 bits per heavy atom. The van der Waals surface area contributed by atoms with Gasteiger partial charge in [-0.3, -0.25) is 0 Å². The molecule has 18 heavy (non-hydrogen) atoms. The predicted octanol–water partition coefficient (Wildman–Crippen LogP) is 4.00. The van der Waals surface area contributed by atoms with Crippen LogP contribution in [0.2, 0.25) is 0 Å². The van der Waals surface area contributed by atoms with Gasteiger partial charge in [0.15, 0.2) is 5.75 Å². The minimum absolute atomic E-state index is 0.482. The van der Waals surface area contributed by atoms with Crippen molar-refractivity contribution in [2.75, 3.05) is 5.73 Å². The van der Waals surface area contributed by atoms with Crippen LogP contribution < -0.4 is 10.5 Å². The maximum absolute atomic E-state index is 9.05. The maximum Gasteiger partial charge on any atom is 0.164 e. The van der Waals surface area contributed by atoms with E-state index in [4.69, 9.17) is 15.7 Å². The number of nitrogens with zero attached hydrogens (tertiary/aromatic N) is 1. The lowest BCUT2D eigenvalue weighted by atomic mass is 10.1. The SMILES string of the molecule is Cc1ccc(C#N)c(Oc2c(N)cccc2Br)c1. The van der Waals surface area contributed by atoms with Crippen molar-refractivity contribution >= 4 is 21.6 Å². The van der Waals surface area contributed by atoms with Crippen LogP contribution in [0, 0.1) is 18.3 Å². The van der Waals surface area contributed by atoms with Crippen LogP contribution in [-0.4, -0.2) is 0 Å². The van der Waals surface area contributed by atoms with Gasteiger partial charge in [0.25, 0.3) is 0 Å². The molecule has 0 aliphatic heterocycles. The van der Waals surface area contributed by atoms with Gasteiger partial charge in [-0.05, 0) is 52.7 Å². The average Bonchev–Trinajstić information content (AvgIpc) is 2.34. The van der Waals surface area contributed by atoms with Gasteiger partial charge in [0.2, 0.25) is 0 Å². The van der Waals surface area contributed by atoms with Crippen LogP contribution in [0.25, 0.3) is 0 Å². The minimum Gasteiger partial charge on any atom is -0.453 e. The zero-order chi connectivity index (χ0) is 13.1. The number of para-hydroxylation sites is 1. The molecule has 90 valence electrons. The number of benzene rings is 2. The Bertz CT molecular complexity index is 612. The lowest BCUT2D eigenvalue weighted by molar-refractivity contribution is 0.480. The normalized spacial score (nSPS) is 9.83. The third-order valence-electron chi connectivity index (χ3n) is 2.47. The molecule has 0 amide bonds. The predicted molar refractivity (Wildman–Crippen MR) is 74.5 cm³/mol. The van der Waals surface area contributed by atoms with Gasteiger partial charge in [-0.25, -0.2) is 0 Å². The first kappa shape index (κ1) is 12.5. The second-order valence-corrected chi connectivity index (χ2v) is 4.73. The van der Waals surface area contributed by atoms with Crippen LogP contribution in [0.3, 0.4) is 0 Å². The fourth-order valence-corrected chi connectivity index (χ4v) is 2.01. The molecule has 2 N–H and O–H groups in total. The molecule has 0 saturated heterocycles. The summed E-state index contributed by atoms with van der Waals surface area (Å²) in [5.74, 6) is 1.04. The van der Waals surface area contributed by atoms with Gasteiger partial charge >= 0.3 is 0 Å². The van der Waals surface area contributed by atoms with Crippen LogP contribution in [0.5, 0.6) is 11.5 Å². The number of rotatable bonds is 2. The summed E-state index contributed by atoms with van der Waals surface area (Å²) < 4.78 is 6.51. The Labute approximate surface area is 114 Å². The van der Waals surface area contributed by atoms with E-state index in [-0.39, 0.29) is 0 Å². The Morgan fingerprint density at radius 1 is 1.28 bits per heavy atom. The van der Waals surface area contributed by atoms with Gasteiger partial charge < -0.3 is 10.5 Å². The molecule has 2 aromatic carbocycles. The van der Waals surface area contributed by atoms with Crippen LogP contribution in [0.15, 0.2) is 40.9 Å². The van der Waals surface area contributed by atoms with E-state index >= 15 is 0 Å². The molecule has 0 aliphatic carbocycles. The molecule has 0 radical (unpaired) electrons. The summed E-state index contributed by atoms with van der Waals surface area (Å²) in [5.41, 5.74) is 7.89. The number of hydrogen-bond acceptors (Lipinski definition) is 3. The second-order valence-electron chi connectivity index (χ2n) is 3.87. The second kappa shape index (κ2) is 5.11. The Hall–Kier alpha value is -1.99. The number of nitriles is 1. The molecular formula is C14H11BrN2O. The number of nitrogens with two attached hydrogens (primary N) is 1. The lowest BCUT2D eigenvalue weighted by Gasteiger charge is -2.11. The first-order valence-corrected chi connectivity index (χ1v) is 6.13. The molecule has 2 aromatic rings. The Kier molecular flexibility index (Phi) is 3.54. The lowest BCUT2D eigenvalue weighted by Crippen LogP contribution is -1.95. The number of aryl methyl sites for hydroxylation is 1. The summed E-state index contributed by atoms with van der Waals surface area (Å²) in [6.45, 7) is 1.94. The Balaban J connectivity index is 2.46. The van der Waals surface area contributed by atoms with E-state index in [9.17, 15) is 0 Å². The largest absolute Gasteiger partial charge is 0.453 e. The molecule has 4 heteroatoms. The average molecular weight is 303 g/mol. The van der Waals surface area contributed by atoms with Crippen LogP contribution in [0.4, 0.5) is 5.69 Å². The summed E-state index contributed by atoms with van der Waals surface area (Å²) in [6, 6.07) is 12.9. The first-order valence-electron chi connectivity index (χ1n) is 5.34. The number of nitrogen functional groups attached to an aromatic ring is 1. The molecule has 0 saturated carbocycles. The highest BCUT2D eigenvalue weighted by Crippen LogP contribution is 2.36. The highest BCUT2D eigenvalue weighted by Gasteiger charge is 2.10. The van der Waals surface area contributed by atoms with Crippen LogP contribution in [0.1, 0.15) is 11.1 Å². The van der Waals surface area contributed by atoms with Crippen LogP contribution >= 0.6 is 15.9 Å². The van der Waals surface area contributed by atoms with Crippen LogP contribution in [-0.2, 0) is 0 Å². The molecule has 0 unspecified atom stereocenters. The van der Waals surface area contributed by atoms with Gasteiger partial charge in [-0.2, -0.15) is 5.26 Å². The van der Waals surface area contributed by atoms with Crippen molar-refractivity contribution in [3.8, 4) is 17.6 Å². The molecule has 3 nitrogen and oxygen atoms in total. The highest BCUT2D eigenvalue weighted by molar-refractivity contribution is 9.10. The molecular weight excluding hydrogens is 292 g/mol. The highest BCUT2D eigenvalue weighted by atomic mass is 79.9. The smallest absolute Gasteiger partial charge is 0.164 e. The molecule has 0 aromatic heterocycles. The third-order valence-corrected chi connectivity index (χ3v) is 3.09. The number of halogens is 1. The van der Waals surface area contributed by atoms with Gasteiger partial charge in [0, 0.05) is 0 Å². The number of hydrogen-bond donors (Lipinski definition) is 1. The topological polar surface area (TPSA) is 59.0 Å². The zero-order valence-corrected chi connectivity index (χ0v) is 11.4. The fraction of sp³-hybridized carbons (Fsp3) is 0.0714. The van der Waals surface area contributed by atoms with Crippen molar-refractivity contribution in [3.63, 3.8) is 0 Å². The van der Waals surface area contributed by atoms with E-state index < -0.39 is 0 Å². The summed E-state index contributed by atoms with van der Waals surface area (Å²) in [4.78, 5) is 0. The van der Waals surface area contributed by atoms with Crippen molar-refractivity contribution in [3.05, 3.63) is 52.0 Å². The fourth-order valence-electron chi connectivity index (χ4n) is 1.55. The van der Waals surface area contributed by atoms with E-state index in [1.165, 1.54) is 0 Å². The van der Waals surface area contributed by atoms with E-state index in [1.54, 1.807) is 12.1 Å². The first-order chi connectivity index (χ1) is 8.61. The summed E-state index contributed by atoms with van der Waals surface area (Å²) in [6.07, 6.45) is 0. The van der Waals surface area contributed by atoms with Crippen molar-refractivity contribution < 1.29 is 4.74 Å². The van der Waals surface area contributed by atoms with Gasteiger partial charge in [-0.15, -0.1) is 0 Å². The quantitative estimate of drug-likeness (QED) is 0.853. The molecule has 2 rings (SSSR count). The summed E-state index contributed by atoms with van der Waals surface area (Å²) in [5, 5.41) is 9.05. The van der Waals surface area contributed by atoms with Crippen molar-refractivity contribution in [1.29, 1.82) is 5.26 Å². The van der Waals surface area contributed by atoms with E-state index in [1.807, 2.05) is 31.2 Å². The molecule has 0 spiro atoms. The molecule has 0 aliphatic rings. The van der Waals surface area contributed by atoms with Gasteiger partial charge in [0.05, 0.1) is 15.7 Å². The summed E-state index contributed by atoms with van der Waals surface area (Å²) in [7, 11) is 0.